The molecule has 0 fully saturated rings. The smallest absolute Gasteiger partial charge is 0.284 e. The molecule has 0 bridgehead atoms. The molecule has 0 aliphatic rings. The van der Waals surface area contributed by atoms with Crippen LogP contribution in [0.3, 0.4) is 0 Å². The molecule has 10 nitrogen and oxygen atoms in total. The number of hydrogen-bond acceptors (Lipinski definition) is 8. The second-order valence-electron chi connectivity index (χ2n) is 9.72. The molecule has 0 saturated heterocycles. The van der Waals surface area contributed by atoms with Gasteiger partial charge in [0.1, 0.15) is 0 Å². The molecule has 0 spiro atoms. The van der Waals surface area contributed by atoms with Crippen molar-refractivity contribution < 1.29 is 42.7 Å². The average Bonchev–Trinajstić information content (AvgIpc) is 2.79. The minimum atomic E-state index is -5.15. The first-order chi connectivity index (χ1) is 17.3. The van der Waals surface area contributed by atoms with Crippen LogP contribution >= 0.6 is 0 Å². The van der Waals surface area contributed by atoms with Crippen LogP contribution in [-0.2, 0) is 39.0 Å². The highest BCUT2D eigenvalue weighted by Gasteiger charge is 2.35. The Hall–Kier alpha value is -0.310. The fourth-order valence-electron chi connectivity index (χ4n) is 4.02. The molecule has 0 amide bonds. The quantitative estimate of drug-likeness (QED) is 0.0831. The molecule has 0 aromatic carbocycles. The summed E-state index contributed by atoms with van der Waals surface area (Å²) in [5, 5.41) is 0. The van der Waals surface area contributed by atoms with Gasteiger partial charge in [0.05, 0.1) is 0 Å². The van der Waals surface area contributed by atoms with Gasteiger partial charge in [-0.2, -0.15) is 25.3 Å². The zero-order valence-electron chi connectivity index (χ0n) is 22.7. The standard InChI is InChI=1S/C24H50O10S3/c1-3-5-7-9-11-13-15-17-19-21-23(35(25,26)27)33-37(31,32)34-24(36(28,29)30)22-20-18-16-14-12-10-8-6-4-2/h23-24H,3-22H2,1-2H3,(H,25,26,27)(H,28,29,30). The van der Waals surface area contributed by atoms with Crippen molar-refractivity contribution in [3.05, 3.63) is 0 Å². The largest absolute Gasteiger partial charge is 0.402 e. The van der Waals surface area contributed by atoms with Gasteiger partial charge in [-0.25, -0.2) is 8.37 Å². The highest BCUT2D eigenvalue weighted by Crippen LogP contribution is 2.21. The van der Waals surface area contributed by atoms with Gasteiger partial charge < -0.3 is 0 Å². The van der Waals surface area contributed by atoms with E-state index in [4.69, 9.17) is 0 Å². The lowest BCUT2D eigenvalue weighted by Crippen LogP contribution is -2.33. The molecule has 0 radical (unpaired) electrons. The van der Waals surface area contributed by atoms with Crippen LogP contribution in [0.2, 0.25) is 0 Å². The van der Waals surface area contributed by atoms with Crippen LogP contribution in [0.4, 0.5) is 0 Å². The molecular weight excluding hydrogens is 544 g/mol. The minimum Gasteiger partial charge on any atom is -0.284 e. The van der Waals surface area contributed by atoms with Gasteiger partial charge in [0.2, 0.25) is 10.9 Å². The van der Waals surface area contributed by atoms with Gasteiger partial charge in [-0.05, 0) is 25.7 Å². The molecular formula is C24H50O10S3. The Bertz CT molecular complexity index is 804. The number of hydrogen-bond donors (Lipinski definition) is 2. The van der Waals surface area contributed by atoms with E-state index in [1.807, 2.05) is 0 Å². The van der Waals surface area contributed by atoms with Gasteiger partial charge >= 0.3 is 10.4 Å². The summed E-state index contributed by atoms with van der Waals surface area (Å²) in [6, 6.07) is 0. The van der Waals surface area contributed by atoms with Gasteiger partial charge in [-0.15, -0.1) is 0 Å². The van der Waals surface area contributed by atoms with Crippen LogP contribution in [0.1, 0.15) is 142 Å². The summed E-state index contributed by atoms with van der Waals surface area (Å²) in [4.78, 5) is 0. The summed E-state index contributed by atoms with van der Waals surface area (Å²) in [6.45, 7) is 4.28. The Kier molecular flexibility index (Phi) is 20.4. The third kappa shape index (κ3) is 21.2. The van der Waals surface area contributed by atoms with Crippen molar-refractivity contribution in [2.24, 2.45) is 0 Å². The number of unbranched alkanes of at least 4 members (excludes halogenated alkanes) is 16. The Labute approximate surface area is 226 Å². The van der Waals surface area contributed by atoms with Crippen molar-refractivity contribution >= 4 is 30.6 Å². The normalized spacial score (nSPS) is 14.6. The Balaban J connectivity index is 4.63. The second kappa shape index (κ2) is 20.6. The first-order valence-electron chi connectivity index (χ1n) is 13.9. The second-order valence-corrected chi connectivity index (χ2v) is 14.0. The van der Waals surface area contributed by atoms with Crippen molar-refractivity contribution in [2.45, 2.75) is 153 Å². The Morgan fingerprint density at radius 3 is 0.946 bits per heavy atom. The molecule has 2 unspecified atom stereocenters. The van der Waals surface area contributed by atoms with Gasteiger partial charge in [0, 0.05) is 0 Å². The van der Waals surface area contributed by atoms with E-state index >= 15 is 0 Å². The molecule has 224 valence electrons. The van der Waals surface area contributed by atoms with Crippen LogP contribution in [0.25, 0.3) is 0 Å². The van der Waals surface area contributed by atoms with Crippen molar-refractivity contribution in [2.75, 3.05) is 0 Å². The summed E-state index contributed by atoms with van der Waals surface area (Å²) in [5.74, 6) is 0. The molecule has 2 atom stereocenters. The van der Waals surface area contributed by atoms with Gasteiger partial charge in [0.25, 0.3) is 20.2 Å². The lowest BCUT2D eigenvalue weighted by atomic mass is 10.1. The first-order valence-corrected chi connectivity index (χ1v) is 18.2. The summed E-state index contributed by atoms with van der Waals surface area (Å²) in [7, 11) is -15.0. The average molecular weight is 595 g/mol. The summed E-state index contributed by atoms with van der Waals surface area (Å²) in [5.41, 5.74) is -4.23. The van der Waals surface area contributed by atoms with Crippen LogP contribution in [-0.4, -0.2) is 45.2 Å². The van der Waals surface area contributed by atoms with Gasteiger partial charge in [0.15, 0.2) is 0 Å². The molecule has 2 N–H and O–H groups in total. The van der Waals surface area contributed by atoms with E-state index in [2.05, 4.69) is 22.2 Å². The molecule has 0 rings (SSSR count). The highest BCUT2D eigenvalue weighted by atomic mass is 32.3. The monoisotopic (exact) mass is 594 g/mol. The molecule has 0 aliphatic heterocycles. The van der Waals surface area contributed by atoms with Gasteiger partial charge in [-0.1, -0.05) is 117 Å². The maximum atomic E-state index is 12.3. The maximum Gasteiger partial charge on any atom is 0.402 e. The third-order valence-corrected chi connectivity index (χ3v) is 9.37. The fourth-order valence-corrected chi connectivity index (χ4v) is 7.09. The lowest BCUT2D eigenvalue weighted by molar-refractivity contribution is 0.161. The molecule has 0 heterocycles. The van der Waals surface area contributed by atoms with Crippen molar-refractivity contribution in [3.8, 4) is 0 Å². The van der Waals surface area contributed by atoms with Crippen molar-refractivity contribution in [1.29, 1.82) is 0 Å². The topological polar surface area (TPSA) is 161 Å². The van der Waals surface area contributed by atoms with Crippen LogP contribution in [0.15, 0.2) is 0 Å². The van der Waals surface area contributed by atoms with E-state index in [-0.39, 0.29) is 25.7 Å². The first kappa shape index (κ1) is 36.7. The maximum absolute atomic E-state index is 12.3. The van der Waals surface area contributed by atoms with E-state index in [9.17, 15) is 34.4 Å². The fraction of sp³-hybridized carbons (Fsp3) is 1.00. The Morgan fingerprint density at radius 1 is 0.459 bits per heavy atom. The van der Waals surface area contributed by atoms with Crippen LogP contribution in [0, 0.1) is 0 Å². The van der Waals surface area contributed by atoms with Crippen molar-refractivity contribution in [3.63, 3.8) is 0 Å². The summed E-state index contributed by atoms with van der Waals surface area (Å²) < 4.78 is 99.0. The predicted molar refractivity (Wildman–Crippen MR) is 145 cm³/mol. The van der Waals surface area contributed by atoms with E-state index in [1.165, 1.54) is 25.7 Å². The molecule has 0 aromatic heterocycles. The van der Waals surface area contributed by atoms with Crippen LogP contribution in [0.5, 0.6) is 0 Å². The molecule has 37 heavy (non-hydrogen) atoms. The molecule has 13 heteroatoms. The number of rotatable bonds is 26. The SMILES string of the molecule is CCCCCCCCCCCC(OS(=O)(=O)OC(CCCCCCCCCCC)S(=O)(=O)O)S(=O)(=O)O. The van der Waals surface area contributed by atoms with Crippen LogP contribution < -0.4 is 0 Å². The lowest BCUT2D eigenvalue weighted by Gasteiger charge is -2.18. The van der Waals surface area contributed by atoms with Crippen molar-refractivity contribution in [1.82, 2.24) is 0 Å². The van der Waals surface area contributed by atoms with E-state index in [0.717, 1.165) is 64.2 Å². The van der Waals surface area contributed by atoms with Gasteiger partial charge in [-0.3, -0.25) is 9.11 Å². The summed E-state index contributed by atoms with van der Waals surface area (Å²) >= 11 is 0. The molecule has 0 saturated carbocycles. The van der Waals surface area contributed by atoms with E-state index in [0.29, 0.717) is 12.8 Å². The summed E-state index contributed by atoms with van der Waals surface area (Å²) in [6.07, 6.45) is 16.3. The zero-order valence-corrected chi connectivity index (χ0v) is 25.1. The third-order valence-electron chi connectivity index (χ3n) is 6.20. The zero-order chi connectivity index (χ0) is 28.2. The highest BCUT2D eigenvalue weighted by molar-refractivity contribution is 7.89. The predicted octanol–water partition coefficient (Wildman–Crippen LogP) is 6.53. The molecule has 0 aliphatic carbocycles. The minimum absolute atomic E-state index is 0.287. The Morgan fingerprint density at radius 2 is 0.703 bits per heavy atom. The molecule has 0 aromatic rings. The van der Waals surface area contributed by atoms with E-state index in [1.54, 1.807) is 0 Å². The van der Waals surface area contributed by atoms with E-state index < -0.39 is 41.5 Å².